The van der Waals surface area contributed by atoms with E-state index in [9.17, 15) is 13.2 Å². The number of H-pyrrole nitrogens is 1. The quantitative estimate of drug-likeness (QED) is 0.699. The van der Waals surface area contributed by atoms with Crippen LogP contribution in [0.3, 0.4) is 0 Å². The first-order valence-electron chi connectivity index (χ1n) is 5.54. The molecule has 0 fully saturated rings. The number of hydrogen-bond donors (Lipinski definition) is 3. The van der Waals surface area contributed by atoms with Crippen molar-refractivity contribution in [3.63, 3.8) is 0 Å². The second kappa shape index (κ2) is 5.49. The van der Waals surface area contributed by atoms with Gasteiger partial charge in [0.15, 0.2) is 0 Å². The number of carboxylic acids is 1. The summed E-state index contributed by atoms with van der Waals surface area (Å²) in [4.78, 5) is 11.1. The van der Waals surface area contributed by atoms with Gasteiger partial charge in [-0.15, -0.1) is 0 Å². The van der Waals surface area contributed by atoms with Crippen molar-refractivity contribution in [3.05, 3.63) is 11.9 Å². The summed E-state index contributed by atoms with van der Waals surface area (Å²) < 4.78 is 26.2. The Labute approximate surface area is 106 Å². The Morgan fingerprint density at radius 2 is 2.22 bits per heavy atom. The summed E-state index contributed by atoms with van der Waals surface area (Å²) in [6.45, 7) is 5.04. The molecule has 18 heavy (non-hydrogen) atoms. The fourth-order valence-electron chi connectivity index (χ4n) is 1.49. The SMILES string of the molecule is CC[C@H](C)[C@H](NS(=O)(=O)c1cn[nH]c1C)C(=O)O. The van der Waals surface area contributed by atoms with Crippen LogP contribution in [0.5, 0.6) is 0 Å². The van der Waals surface area contributed by atoms with Crippen molar-refractivity contribution in [2.45, 2.75) is 38.1 Å². The number of carboxylic acid groups (broad SMARTS) is 1. The molecule has 0 saturated heterocycles. The van der Waals surface area contributed by atoms with Gasteiger partial charge in [0.05, 0.1) is 11.9 Å². The first kappa shape index (κ1) is 14.7. The van der Waals surface area contributed by atoms with Crippen LogP contribution in [0, 0.1) is 12.8 Å². The van der Waals surface area contributed by atoms with Crippen LogP contribution in [0.15, 0.2) is 11.1 Å². The van der Waals surface area contributed by atoms with Crippen molar-refractivity contribution < 1.29 is 18.3 Å². The average molecular weight is 275 g/mol. The lowest BCUT2D eigenvalue weighted by Gasteiger charge is -2.19. The molecule has 7 nitrogen and oxygen atoms in total. The fourth-order valence-corrected chi connectivity index (χ4v) is 2.92. The minimum absolute atomic E-state index is 0.0305. The van der Waals surface area contributed by atoms with Gasteiger partial charge >= 0.3 is 5.97 Å². The van der Waals surface area contributed by atoms with Crippen molar-refractivity contribution in [2.24, 2.45) is 5.92 Å². The molecular weight excluding hydrogens is 258 g/mol. The minimum atomic E-state index is -3.87. The first-order valence-corrected chi connectivity index (χ1v) is 7.03. The molecule has 8 heteroatoms. The molecule has 1 aromatic rings. The smallest absolute Gasteiger partial charge is 0.322 e. The Balaban J connectivity index is 3.01. The number of hydrogen-bond acceptors (Lipinski definition) is 4. The predicted molar refractivity (Wildman–Crippen MR) is 64.5 cm³/mol. The van der Waals surface area contributed by atoms with E-state index in [2.05, 4.69) is 14.9 Å². The van der Waals surface area contributed by atoms with Crippen molar-refractivity contribution in [3.8, 4) is 0 Å². The number of carbonyl (C=O) groups is 1. The lowest BCUT2D eigenvalue weighted by Crippen LogP contribution is -2.44. The largest absolute Gasteiger partial charge is 0.480 e. The maximum atomic E-state index is 12.0. The third-order valence-electron chi connectivity index (χ3n) is 2.83. The predicted octanol–water partition coefficient (Wildman–Crippen LogP) is 0.496. The van der Waals surface area contributed by atoms with Crippen LogP contribution in [0.4, 0.5) is 0 Å². The van der Waals surface area contributed by atoms with E-state index in [1.807, 2.05) is 0 Å². The molecule has 0 aromatic carbocycles. The third kappa shape index (κ3) is 3.08. The van der Waals surface area contributed by atoms with Gasteiger partial charge in [0, 0.05) is 0 Å². The molecule has 3 N–H and O–H groups in total. The third-order valence-corrected chi connectivity index (χ3v) is 4.39. The number of rotatable bonds is 6. The van der Waals surface area contributed by atoms with Crippen molar-refractivity contribution >= 4 is 16.0 Å². The highest BCUT2D eigenvalue weighted by Crippen LogP contribution is 2.15. The molecular formula is C10H17N3O4S. The molecule has 0 aliphatic heterocycles. The zero-order valence-corrected chi connectivity index (χ0v) is 11.3. The Kier molecular flexibility index (Phi) is 4.47. The van der Waals surface area contributed by atoms with Gasteiger partial charge < -0.3 is 5.11 Å². The number of nitrogens with one attached hydrogen (secondary N) is 2. The van der Waals surface area contributed by atoms with Gasteiger partial charge in [-0.1, -0.05) is 20.3 Å². The van der Waals surface area contributed by atoms with Crippen LogP contribution in [-0.4, -0.2) is 35.7 Å². The van der Waals surface area contributed by atoms with Crippen LogP contribution in [0.1, 0.15) is 26.0 Å². The van der Waals surface area contributed by atoms with Gasteiger partial charge in [-0.05, 0) is 12.8 Å². The summed E-state index contributed by atoms with van der Waals surface area (Å²) in [7, 11) is -3.87. The minimum Gasteiger partial charge on any atom is -0.480 e. The van der Waals surface area contributed by atoms with Crippen LogP contribution in [0.25, 0.3) is 0 Å². The molecule has 1 rings (SSSR count). The number of aromatic amines is 1. The topological polar surface area (TPSA) is 112 Å². The average Bonchev–Trinajstić information content (AvgIpc) is 2.72. The standard InChI is InChI=1S/C10H17N3O4S/c1-4-6(2)9(10(14)15)13-18(16,17)8-5-11-12-7(8)3/h5-6,9,13H,4H2,1-3H3,(H,11,12)(H,14,15)/t6-,9-/m0/s1. The van der Waals surface area contributed by atoms with E-state index in [1.165, 1.54) is 0 Å². The first-order chi connectivity index (χ1) is 8.29. The number of aryl methyl sites for hydroxylation is 1. The molecule has 0 radical (unpaired) electrons. The zero-order valence-electron chi connectivity index (χ0n) is 10.5. The zero-order chi connectivity index (χ0) is 13.9. The van der Waals surface area contributed by atoms with Crippen LogP contribution < -0.4 is 4.72 Å². The van der Waals surface area contributed by atoms with E-state index in [4.69, 9.17) is 5.11 Å². The van der Waals surface area contributed by atoms with Crippen molar-refractivity contribution in [1.29, 1.82) is 0 Å². The molecule has 0 amide bonds. The highest BCUT2D eigenvalue weighted by atomic mass is 32.2. The lowest BCUT2D eigenvalue weighted by atomic mass is 10.0. The van der Waals surface area contributed by atoms with E-state index in [0.29, 0.717) is 12.1 Å². The molecule has 0 unspecified atom stereocenters. The van der Waals surface area contributed by atoms with Gasteiger partial charge in [-0.3, -0.25) is 9.89 Å². The van der Waals surface area contributed by atoms with Gasteiger partial charge in [-0.2, -0.15) is 9.82 Å². The Morgan fingerprint density at radius 3 is 2.61 bits per heavy atom. The highest BCUT2D eigenvalue weighted by Gasteiger charge is 2.30. The maximum absolute atomic E-state index is 12.0. The summed E-state index contributed by atoms with van der Waals surface area (Å²) in [5.74, 6) is -1.49. The number of aliphatic carboxylic acids is 1. The number of aromatic nitrogens is 2. The lowest BCUT2D eigenvalue weighted by molar-refractivity contribution is -0.140. The number of nitrogens with zero attached hydrogens (tertiary/aromatic N) is 1. The summed E-state index contributed by atoms with van der Waals surface area (Å²) in [6.07, 6.45) is 1.72. The fraction of sp³-hybridized carbons (Fsp3) is 0.600. The van der Waals surface area contributed by atoms with Gasteiger partial charge in [0.1, 0.15) is 10.9 Å². The molecule has 2 atom stereocenters. The van der Waals surface area contributed by atoms with E-state index in [0.717, 1.165) is 6.20 Å². The maximum Gasteiger partial charge on any atom is 0.322 e. The van der Waals surface area contributed by atoms with Gasteiger partial charge in [-0.25, -0.2) is 8.42 Å². The molecule has 0 aliphatic rings. The van der Waals surface area contributed by atoms with Gasteiger partial charge in [0.2, 0.25) is 10.0 Å². The summed E-state index contributed by atoms with van der Waals surface area (Å²) >= 11 is 0. The van der Waals surface area contributed by atoms with Crippen LogP contribution >= 0.6 is 0 Å². The molecule has 0 spiro atoms. The summed E-state index contributed by atoms with van der Waals surface area (Å²) in [5, 5.41) is 15.2. The molecule has 0 aliphatic carbocycles. The summed E-state index contributed by atoms with van der Waals surface area (Å²) in [5.41, 5.74) is 0.371. The molecule has 102 valence electrons. The van der Waals surface area contributed by atoms with Crippen LogP contribution in [0.2, 0.25) is 0 Å². The Bertz CT molecular complexity index is 523. The van der Waals surface area contributed by atoms with Crippen LogP contribution in [-0.2, 0) is 14.8 Å². The second-order valence-corrected chi connectivity index (χ2v) is 5.86. The van der Waals surface area contributed by atoms with Gasteiger partial charge in [0.25, 0.3) is 0 Å². The Hall–Kier alpha value is -1.41. The molecule has 0 bridgehead atoms. The highest BCUT2D eigenvalue weighted by molar-refractivity contribution is 7.89. The Morgan fingerprint density at radius 1 is 1.61 bits per heavy atom. The van der Waals surface area contributed by atoms with E-state index >= 15 is 0 Å². The van der Waals surface area contributed by atoms with Crippen molar-refractivity contribution in [2.75, 3.05) is 0 Å². The van der Waals surface area contributed by atoms with E-state index < -0.39 is 22.0 Å². The van der Waals surface area contributed by atoms with Crippen molar-refractivity contribution in [1.82, 2.24) is 14.9 Å². The van der Waals surface area contributed by atoms with E-state index in [1.54, 1.807) is 20.8 Å². The van der Waals surface area contributed by atoms with E-state index in [-0.39, 0.29) is 10.8 Å². The molecule has 1 heterocycles. The summed E-state index contributed by atoms with van der Waals surface area (Å²) in [6, 6.07) is -1.14. The second-order valence-electron chi connectivity index (χ2n) is 4.18. The monoisotopic (exact) mass is 275 g/mol. The molecule has 1 aromatic heterocycles. The number of sulfonamides is 1. The normalized spacial score (nSPS) is 15.3. The molecule has 0 saturated carbocycles.